The summed E-state index contributed by atoms with van der Waals surface area (Å²) in [4.78, 5) is 12.6. The van der Waals surface area contributed by atoms with Crippen LogP contribution in [-0.4, -0.2) is 51.5 Å². The average molecular weight is 534 g/mol. The quantitative estimate of drug-likeness (QED) is 0.224. The Morgan fingerprint density at radius 3 is 2.83 bits per heavy atom. The maximum absolute atomic E-state index is 4.50. The lowest BCUT2D eigenvalue weighted by atomic mass is 10.2. The maximum atomic E-state index is 4.50. The summed E-state index contributed by atoms with van der Waals surface area (Å²) in [6, 6.07) is 16.6. The van der Waals surface area contributed by atoms with Crippen molar-refractivity contribution in [2.45, 2.75) is 17.9 Å². The number of nitrogens with one attached hydrogen (secondary N) is 1. The Hall–Kier alpha value is -2.07. The van der Waals surface area contributed by atoms with Crippen LogP contribution in [0.15, 0.2) is 77.0 Å². The summed E-state index contributed by atoms with van der Waals surface area (Å²) in [6.07, 6.45) is 6.69. The molecule has 1 aromatic carbocycles. The van der Waals surface area contributed by atoms with E-state index in [1.165, 1.54) is 11.3 Å². The Kier molecular flexibility index (Phi) is 8.56. The summed E-state index contributed by atoms with van der Waals surface area (Å²) in [7, 11) is 1.86. The van der Waals surface area contributed by atoms with Crippen molar-refractivity contribution in [1.29, 1.82) is 0 Å². The van der Waals surface area contributed by atoms with Crippen LogP contribution in [0.5, 0.6) is 0 Å². The molecular formula is C22H27IN6S. The first-order valence-corrected chi connectivity index (χ1v) is 10.9. The number of nitrogens with zero attached hydrogens (tertiary/aromatic N) is 5. The molecule has 1 aliphatic rings. The number of aliphatic imine (C=N–C) groups is 1. The predicted molar refractivity (Wildman–Crippen MR) is 134 cm³/mol. The first-order chi connectivity index (χ1) is 14.3. The molecule has 30 heavy (non-hydrogen) atoms. The van der Waals surface area contributed by atoms with Gasteiger partial charge in [0.05, 0.1) is 0 Å². The monoisotopic (exact) mass is 534 g/mol. The fraction of sp³-hybridized carbons (Fsp3) is 0.318. The minimum atomic E-state index is 0. The maximum Gasteiger partial charge on any atom is 0.193 e. The van der Waals surface area contributed by atoms with Crippen LogP contribution in [-0.2, 0) is 6.54 Å². The summed E-state index contributed by atoms with van der Waals surface area (Å²) in [6.45, 7) is 2.81. The van der Waals surface area contributed by atoms with Crippen molar-refractivity contribution in [2.75, 3.05) is 25.9 Å². The van der Waals surface area contributed by atoms with E-state index < -0.39 is 0 Å². The van der Waals surface area contributed by atoms with Crippen molar-refractivity contribution >= 4 is 41.7 Å². The first-order valence-electron chi connectivity index (χ1n) is 9.90. The largest absolute Gasteiger partial charge is 0.352 e. The van der Waals surface area contributed by atoms with E-state index in [-0.39, 0.29) is 24.0 Å². The lowest BCUT2D eigenvalue weighted by molar-refractivity contribution is 0.474. The molecule has 158 valence electrons. The van der Waals surface area contributed by atoms with E-state index in [0.717, 1.165) is 36.2 Å². The number of pyridine rings is 1. The topological polar surface area (TPSA) is 58.3 Å². The Balaban J connectivity index is 0.00000256. The summed E-state index contributed by atoms with van der Waals surface area (Å²) >= 11 is 1.95. The van der Waals surface area contributed by atoms with Gasteiger partial charge in [-0.1, -0.05) is 18.2 Å². The average Bonchev–Trinajstić information content (AvgIpc) is 3.46. The lowest BCUT2D eigenvalue weighted by Crippen LogP contribution is -2.39. The second kappa shape index (κ2) is 11.4. The van der Waals surface area contributed by atoms with Gasteiger partial charge in [0.25, 0.3) is 0 Å². The van der Waals surface area contributed by atoms with E-state index in [4.69, 9.17) is 0 Å². The third-order valence-corrected chi connectivity index (χ3v) is 6.27. The number of hydrogen-bond donors (Lipinski definition) is 1. The SMILES string of the molecule is CN=C(NCc1ccnc(-n2cccn2)c1)N1CCC(CSc2ccccc2)C1.I. The molecule has 8 heteroatoms. The highest BCUT2D eigenvalue weighted by Crippen LogP contribution is 2.25. The predicted octanol–water partition coefficient (Wildman–Crippen LogP) is 4.07. The van der Waals surface area contributed by atoms with Gasteiger partial charge in [0.15, 0.2) is 11.8 Å². The molecule has 1 unspecified atom stereocenters. The number of thioether (sulfide) groups is 1. The molecule has 3 aromatic rings. The van der Waals surface area contributed by atoms with Crippen LogP contribution in [0.1, 0.15) is 12.0 Å². The van der Waals surface area contributed by atoms with Crippen molar-refractivity contribution in [3.05, 3.63) is 72.7 Å². The number of rotatable bonds is 6. The number of halogens is 1. The Labute approximate surface area is 199 Å². The minimum absolute atomic E-state index is 0. The molecule has 0 amide bonds. The highest BCUT2D eigenvalue weighted by Gasteiger charge is 2.24. The van der Waals surface area contributed by atoms with E-state index in [1.54, 1.807) is 10.9 Å². The Morgan fingerprint density at radius 2 is 2.07 bits per heavy atom. The van der Waals surface area contributed by atoms with Crippen LogP contribution in [0.2, 0.25) is 0 Å². The molecule has 1 saturated heterocycles. The molecule has 1 atom stereocenters. The highest BCUT2D eigenvalue weighted by molar-refractivity contribution is 14.0. The third kappa shape index (κ3) is 5.98. The lowest BCUT2D eigenvalue weighted by Gasteiger charge is -2.22. The van der Waals surface area contributed by atoms with Gasteiger partial charge in [-0.05, 0) is 48.2 Å². The minimum Gasteiger partial charge on any atom is -0.352 e. The zero-order valence-electron chi connectivity index (χ0n) is 17.0. The molecule has 0 spiro atoms. The zero-order chi connectivity index (χ0) is 19.9. The van der Waals surface area contributed by atoms with Gasteiger partial charge >= 0.3 is 0 Å². The van der Waals surface area contributed by atoms with Crippen LogP contribution >= 0.6 is 35.7 Å². The van der Waals surface area contributed by atoms with Crippen molar-refractivity contribution in [1.82, 2.24) is 25.0 Å². The molecule has 0 bridgehead atoms. The van der Waals surface area contributed by atoms with Gasteiger partial charge in [-0.3, -0.25) is 4.99 Å². The molecule has 3 heterocycles. The Morgan fingerprint density at radius 1 is 1.20 bits per heavy atom. The van der Waals surface area contributed by atoms with Crippen LogP contribution in [0, 0.1) is 5.92 Å². The summed E-state index contributed by atoms with van der Waals surface area (Å²) < 4.78 is 1.77. The number of benzene rings is 1. The second-order valence-corrected chi connectivity index (χ2v) is 8.19. The van der Waals surface area contributed by atoms with Gasteiger partial charge in [-0.25, -0.2) is 9.67 Å². The van der Waals surface area contributed by atoms with Gasteiger partial charge in [0, 0.05) is 55.9 Å². The fourth-order valence-electron chi connectivity index (χ4n) is 3.51. The Bertz CT molecular complexity index is 932. The second-order valence-electron chi connectivity index (χ2n) is 7.10. The standard InChI is InChI=1S/C22H26N6S.HI/c1-23-22(25-15-18-8-11-24-21(14-18)28-12-5-10-26-28)27-13-9-19(16-27)17-29-20-6-3-2-4-7-20;/h2-8,10-12,14,19H,9,13,15-17H2,1H3,(H,23,25);1H. The van der Waals surface area contributed by atoms with Gasteiger partial charge in [-0.2, -0.15) is 5.10 Å². The smallest absolute Gasteiger partial charge is 0.193 e. The number of hydrogen-bond acceptors (Lipinski definition) is 4. The molecule has 1 aliphatic heterocycles. The summed E-state index contributed by atoms with van der Waals surface area (Å²) in [5, 5.41) is 7.76. The summed E-state index contributed by atoms with van der Waals surface area (Å²) in [5.41, 5.74) is 1.15. The first kappa shape index (κ1) is 22.6. The molecule has 1 fully saturated rings. The van der Waals surface area contributed by atoms with E-state index >= 15 is 0 Å². The fourth-order valence-corrected chi connectivity index (χ4v) is 4.56. The van der Waals surface area contributed by atoms with E-state index in [0.29, 0.717) is 12.5 Å². The van der Waals surface area contributed by atoms with Crippen molar-refractivity contribution < 1.29 is 0 Å². The highest BCUT2D eigenvalue weighted by atomic mass is 127. The molecule has 0 saturated carbocycles. The van der Waals surface area contributed by atoms with Gasteiger partial charge in [0.1, 0.15) is 0 Å². The molecular weight excluding hydrogens is 507 g/mol. The number of likely N-dealkylation sites (tertiary alicyclic amines) is 1. The number of guanidine groups is 1. The van der Waals surface area contributed by atoms with E-state index in [9.17, 15) is 0 Å². The summed E-state index contributed by atoms with van der Waals surface area (Å²) in [5.74, 6) is 3.62. The van der Waals surface area contributed by atoms with E-state index in [2.05, 4.69) is 61.7 Å². The van der Waals surface area contributed by atoms with Crippen molar-refractivity contribution in [3.8, 4) is 5.82 Å². The molecule has 4 rings (SSSR count). The zero-order valence-corrected chi connectivity index (χ0v) is 20.2. The number of aromatic nitrogens is 3. The van der Waals surface area contributed by atoms with E-state index in [1.807, 2.05) is 43.3 Å². The van der Waals surface area contributed by atoms with Crippen molar-refractivity contribution in [3.63, 3.8) is 0 Å². The molecule has 6 nitrogen and oxygen atoms in total. The van der Waals surface area contributed by atoms with Crippen LogP contribution in [0.25, 0.3) is 5.82 Å². The van der Waals surface area contributed by atoms with Crippen LogP contribution in [0.4, 0.5) is 0 Å². The van der Waals surface area contributed by atoms with Gasteiger partial charge in [0.2, 0.25) is 0 Å². The van der Waals surface area contributed by atoms with Crippen LogP contribution in [0.3, 0.4) is 0 Å². The molecule has 0 aliphatic carbocycles. The van der Waals surface area contributed by atoms with Gasteiger partial charge in [-0.15, -0.1) is 35.7 Å². The molecule has 0 radical (unpaired) electrons. The molecule has 1 N–H and O–H groups in total. The third-order valence-electron chi connectivity index (χ3n) is 5.03. The van der Waals surface area contributed by atoms with Gasteiger partial charge < -0.3 is 10.2 Å². The normalized spacial score (nSPS) is 16.4. The molecule has 2 aromatic heterocycles. The van der Waals surface area contributed by atoms with Crippen LogP contribution < -0.4 is 5.32 Å². The van der Waals surface area contributed by atoms with Crippen molar-refractivity contribution in [2.24, 2.45) is 10.9 Å².